The Bertz CT molecular complexity index is 789. The number of methoxy groups -OCH3 is 2. The summed E-state index contributed by atoms with van der Waals surface area (Å²) < 4.78 is 10.6. The minimum atomic E-state index is -0.141. The number of ketones is 1. The second kappa shape index (κ2) is 7.58. The molecule has 0 heterocycles. The first-order chi connectivity index (χ1) is 11.1. The Kier molecular flexibility index (Phi) is 5.51. The van der Waals surface area contributed by atoms with Gasteiger partial charge in [-0.25, -0.2) is 0 Å². The third-order valence-corrected chi connectivity index (χ3v) is 3.75. The summed E-state index contributed by atoms with van der Waals surface area (Å²) in [5.74, 6) is 1.18. The van der Waals surface area contributed by atoms with Gasteiger partial charge in [-0.05, 0) is 42.5 Å². The van der Waals surface area contributed by atoms with Gasteiger partial charge in [0.2, 0.25) is 0 Å². The van der Waals surface area contributed by atoms with Crippen LogP contribution in [0, 0.1) is 11.3 Å². The number of carbonyl (C=O) groups excluding carboxylic acids is 1. The van der Waals surface area contributed by atoms with Crippen molar-refractivity contribution in [2.24, 2.45) is 0 Å². The van der Waals surface area contributed by atoms with E-state index in [9.17, 15) is 4.79 Å². The predicted molar refractivity (Wildman–Crippen MR) is 93.4 cm³/mol. The smallest absolute Gasteiger partial charge is 0.185 e. The zero-order chi connectivity index (χ0) is 16.8. The third-order valence-electron chi connectivity index (χ3n) is 3.29. The van der Waals surface area contributed by atoms with Crippen molar-refractivity contribution in [3.63, 3.8) is 0 Å². The standard InChI is InChI=1S/C18H16NO3P/c1-21-16-10-17(22-2)18(23)9-14(16)7-8-15(20)13-5-3-12(11-19)4-6-13/h3-10H,23H2,1-2H3/b8-7+. The summed E-state index contributed by atoms with van der Waals surface area (Å²) in [5, 5.41) is 9.64. The number of hydrogen-bond donors (Lipinski definition) is 0. The Hall–Kier alpha value is -2.63. The molecule has 0 aliphatic heterocycles. The molecule has 2 rings (SSSR count). The molecular formula is C18H16NO3P. The van der Waals surface area contributed by atoms with Crippen molar-refractivity contribution in [3.8, 4) is 17.6 Å². The Morgan fingerprint density at radius 1 is 1.13 bits per heavy atom. The van der Waals surface area contributed by atoms with E-state index in [-0.39, 0.29) is 5.78 Å². The van der Waals surface area contributed by atoms with Crippen LogP contribution in [0.25, 0.3) is 6.08 Å². The third kappa shape index (κ3) is 3.97. The molecule has 0 aromatic heterocycles. The highest BCUT2D eigenvalue weighted by molar-refractivity contribution is 7.27. The SMILES string of the molecule is COc1cc(OC)c(/C=C/C(=O)c2ccc(C#N)cc2)cc1P. The molecule has 4 nitrogen and oxygen atoms in total. The summed E-state index contributed by atoms with van der Waals surface area (Å²) >= 11 is 0. The molecule has 1 atom stereocenters. The van der Waals surface area contributed by atoms with Crippen LogP contribution in [-0.4, -0.2) is 20.0 Å². The number of benzene rings is 2. The molecule has 0 aliphatic rings. The van der Waals surface area contributed by atoms with Crippen LogP contribution in [0.1, 0.15) is 21.5 Å². The van der Waals surface area contributed by atoms with Crippen molar-refractivity contribution in [2.75, 3.05) is 14.2 Å². The van der Waals surface area contributed by atoms with Gasteiger partial charge in [-0.15, -0.1) is 9.24 Å². The average molecular weight is 325 g/mol. The van der Waals surface area contributed by atoms with E-state index in [1.54, 1.807) is 50.6 Å². The number of carbonyl (C=O) groups is 1. The summed E-state index contributed by atoms with van der Waals surface area (Å²) in [6.45, 7) is 0. The number of nitrogens with zero attached hydrogens (tertiary/aromatic N) is 1. The molecule has 0 saturated carbocycles. The van der Waals surface area contributed by atoms with Crippen LogP contribution in [0.2, 0.25) is 0 Å². The monoisotopic (exact) mass is 325 g/mol. The maximum absolute atomic E-state index is 12.2. The van der Waals surface area contributed by atoms with Gasteiger partial charge >= 0.3 is 0 Å². The average Bonchev–Trinajstić information content (AvgIpc) is 2.59. The molecule has 0 N–H and O–H groups in total. The summed E-state index contributed by atoms with van der Waals surface area (Å²) in [7, 11) is 5.74. The van der Waals surface area contributed by atoms with E-state index in [4.69, 9.17) is 14.7 Å². The van der Waals surface area contributed by atoms with E-state index in [2.05, 4.69) is 9.24 Å². The summed E-state index contributed by atoms with van der Waals surface area (Å²) in [5.41, 5.74) is 1.83. The Balaban J connectivity index is 2.26. The first-order valence-corrected chi connectivity index (χ1v) is 7.41. The highest BCUT2D eigenvalue weighted by atomic mass is 31.0. The number of rotatable bonds is 5. The molecule has 0 aliphatic carbocycles. The molecule has 2 aromatic carbocycles. The van der Waals surface area contributed by atoms with E-state index in [1.807, 2.05) is 12.1 Å². The molecule has 1 unspecified atom stereocenters. The van der Waals surface area contributed by atoms with Gasteiger partial charge in [-0.2, -0.15) is 5.26 Å². The Morgan fingerprint density at radius 3 is 2.35 bits per heavy atom. The van der Waals surface area contributed by atoms with Crippen molar-refractivity contribution in [1.29, 1.82) is 5.26 Å². The van der Waals surface area contributed by atoms with Crippen LogP contribution in [0.5, 0.6) is 11.5 Å². The predicted octanol–water partition coefficient (Wildman–Crippen LogP) is 2.97. The van der Waals surface area contributed by atoms with Crippen molar-refractivity contribution in [2.45, 2.75) is 0 Å². The lowest BCUT2D eigenvalue weighted by Gasteiger charge is -2.10. The van der Waals surface area contributed by atoms with E-state index >= 15 is 0 Å². The maximum Gasteiger partial charge on any atom is 0.185 e. The first-order valence-electron chi connectivity index (χ1n) is 6.83. The van der Waals surface area contributed by atoms with Gasteiger partial charge in [-0.1, -0.05) is 0 Å². The van der Waals surface area contributed by atoms with Crippen LogP contribution < -0.4 is 14.8 Å². The minimum Gasteiger partial charge on any atom is -0.496 e. The Morgan fingerprint density at radius 2 is 1.78 bits per heavy atom. The zero-order valence-electron chi connectivity index (χ0n) is 12.9. The number of hydrogen-bond acceptors (Lipinski definition) is 4. The molecule has 0 amide bonds. The normalized spacial score (nSPS) is 10.3. The lowest BCUT2D eigenvalue weighted by atomic mass is 10.1. The van der Waals surface area contributed by atoms with E-state index in [0.29, 0.717) is 22.6 Å². The lowest BCUT2D eigenvalue weighted by Crippen LogP contribution is -2.01. The molecule has 0 saturated heterocycles. The molecule has 0 bridgehead atoms. The lowest BCUT2D eigenvalue weighted by molar-refractivity contribution is 0.104. The molecule has 0 fully saturated rings. The molecule has 0 spiro atoms. The van der Waals surface area contributed by atoms with E-state index < -0.39 is 0 Å². The number of nitriles is 1. The summed E-state index contributed by atoms with van der Waals surface area (Å²) in [4.78, 5) is 12.2. The van der Waals surface area contributed by atoms with Crippen LogP contribution in [-0.2, 0) is 0 Å². The fraction of sp³-hybridized carbons (Fsp3) is 0.111. The molecule has 23 heavy (non-hydrogen) atoms. The number of allylic oxidation sites excluding steroid dienone is 1. The van der Waals surface area contributed by atoms with Gasteiger partial charge in [0.25, 0.3) is 0 Å². The van der Waals surface area contributed by atoms with Crippen molar-refractivity contribution < 1.29 is 14.3 Å². The topological polar surface area (TPSA) is 59.3 Å². The van der Waals surface area contributed by atoms with Crippen LogP contribution >= 0.6 is 9.24 Å². The quantitative estimate of drug-likeness (QED) is 0.482. The summed E-state index contributed by atoms with van der Waals surface area (Å²) in [6, 6.07) is 12.2. The highest BCUT2D eigenvalue weighted by Gasteiger charge is 2.08. The van der Waals surface area contributed by atoms with Crippen LogP contribution in [0.3, 0.4) is 0 Å². The zero-order valence-corrected chi connectivity index (χ0v) is 14.0. The number of ether oxygens (including phenoxy) is 2. The molecular weight excluding hydrogens is 309 g/mol. The van der Waals surface area contributed by atoms with E-state index in [0.717, 1.165) is 10.9 Å². The van der Waals surface area contributed by atoms with Crippen LogP contribution in [0.15, 0.2) is 42.5 Å². The van der Waals surface area contributed by atoms with Gasteiger partial charge in [-0.3, -0.25) is 4.79 Å². The second-order valence-corrected chi connectivity index (χ2v) is 5.34. The Labute approximate surface area is 137 Å². The van der Waals surface area contributed by atoms with Gasteiger partial charge in [0.1, 0.15) is 11.5 Å². The van der Waals surface area contributed by atoms with Crippen molar-refractivity contribution >= 4 is 26.4 Å². The van der Waals surface area contributed by atoms with Gasteiger partial charge in [0.05, 0.1) is 25.9 Å². The van der Waals surface area contributed by atoms with Gasteiger partial charge in [0, 0.05) is 22.5 Å². The highest BCUT2D eigenvalue weighted by Crippen LogP contribution is 2.25. The first kappa shape index (κ1) is 16.7. The molecule has 0 radical (unpaired) electrons. The van der Waals surface area contributed by atoms with E-state index in [1.165, 1.54) is 6.08 Å². The van der Waals surface area contributed by atoms with Crippen molar-refractivity contribution in [3.05, 3.63) is 59.2 Å². The fourth-order valence-corrected chi connectivity index (χ4v) is 2.43. The van der Waals surface area contributed by atoms with Crippen molar-refractivity contribution in [1.82, 2.24) is 0 Å². The fourth-order valence-electron chi connectivity index (χ4n) is 2.05. The molecule has 116 valence electrons. The second-order valence-electron chi connectivity index (χ2n) is 4.72. The molecule has 2 aromatic rings. The van der Waals surface area contributed by atoms with Gasteiger partial charge in [0.15, 0.2) is 5.78 Å². The molecule has 5 heteroatoms. The minimum absolute atomic E-state index is 0.141. The largest absolute Gasteiger partial charge is 0.496 e. The summed E-state index contributed by atoms with van der Waals surface area (Å²) in [6.07, 6.45) is 3.18. The van der Waals surface area contributed by atoms with Crippen LogP contribution in [0.4, 0.5) is 0 Å². The maximum atomic E-state index is 12.2. The van der Waals surface area contributed by atoms with Gasteiger partial charge < -0.3 is 9.47 Å².